The highest BCUT2D eigenvalue weighted by Gasteiger charge is 2.39. The summed E-state index contributed by atoms with van der Waals surface area (Å²) in [5.41, 5.74) is 0. The highest BCUT2D eigenvalue weighted by atomic mass is 35.5. The van der Waals surface area contributed by atoms with Gasteiger partial charge < -0.3 is 5.11 Å². The van der Waals surface area contributed by atoms with E-state index in [1.807, 2.05) is 0 Å². The van der Waals surface area contributed by atoms with Crippen molar-refractivity contribution in [2.24, 2.45) is 0 Å². The van der Waals surface area contributed by atoms with Gasteiger partial charge in [0, 0.05) is 10.8 Å². The molecule has 98 valence electrons. The molecule has 18 heavy (non-hydrogen) atoms. The summed E-state index contributed by atoms with van der Waals surface area (Å²) in [5, 5.41) is 9.43. The predicted molar refractivity (Wildman–Crippen MR) is 69.2 cm³/mol. The number of carboxylic acid groups (broad SMARTS) is 1. The van der Waals surface area contributed by atoms with E-state index in [2.05, 4.69) is 0 Å². The number of carboxylic acids is 1. The minimum Gasteiger partial charge on any atom is -0.480 e. The first-order valence-corrected chi connectivity index (χ1v) is 7.98. The van der Waals surface area contributed by atoms with Crippen LogP contribution in [0.3, 0.4) is 0 Å². The van der Waals surface area contributed by atoms with E-state index < -0.39 is 22.0 Å². The summed E-state index contributed by atoms with van der Waals surface area (Å²) in [4.78, 5) is 11.1. The summed E-state index contributed by atoms with van der Waals surface area (Å²) >= 11 is 6.98. The second-order valence-corrected chi connectivity index (χ2v) is 7.03. The van der Waals surface area contributed by atoms with Gasteiger partial charge in [0.05, 0.1) is 10.8 Å². The van der Waals surface area contributed by atoms with Crippen molar-refractivity contribution < 1.29 is 18.3 Å². The molecule has 1 aromatic carbocycles. The molecule has 0 saturated carbocycles. The fourth-order valence-electron chi connectivity index (χ4n) is 1.60. The van der Waals surface area contributed by atoms with Crippen LogP contribution < -0.4 is 0 Å². The molecule has 8 heteroatoms. The highest BCUT2D eigenvalue weighted by Crippen LogP contribution is 2.28. The van der Waals surface area contributed by atoms with Crippen LogP contribution >= 0.6 is 23.4 Å². The standard InChI is InChI=1S/C10H10ClNO4S2/c11-7-1-3-8(4-2-7)18(15,16)12-6-17-5-9(12)10(13)14/h1-4,9H,5-6H2,(H,13,14). The number of thioether (sulfide) groups is 1. The molecule has 1 N–H and O–H groups in total. The monoisotopic (exact) mass is 307 g/mol. The Kier molecular flexibility index (Phi) is 3.86. The second-order valence-electron chi connectivity index (χ2n) is 3.70. The Morgan fingerprint density at radius 1 is 1.39 bits per heavy atom. The maximum Gasteiger partial charge on any atom is 0.322 e. The van der Waals surface area contributed by atoms with Gasteiger partial charge in [-0.05, 0) is 24.3 Å². The van der Waals surface area contributed by atoms with Crippen molar-refractivity contribution in [3.63, 3.8) is 0 Å². The molecule has 1 heterocycles. The summed E-state index contributed by atoms with van der Waals surface area (Å²) in [6, 6.07) is 4.68. The number of aliphatic carboxylic acids is 1. The summed E-state index contributed by atoms with van der Waals surface area (Å²) in [5.74, 6) is -0.707. The van der Waals surface area contributed by atoms with Crippen LogP contribution in [0.25, 0.3) is 0 Å². The maximum atomic E-state index is 12.3. The van der Waals surface area contributed by atoms with Gasteiger partial charge in [0.25, 0.3) is 0 Å². The van der Waals surface area contributed by atoms with Crippen molar-refractivity contribution in [1.29, 1.82) is 0 Å². The lowest BCUT2D eigenvalue weighted by atomic mass is 10.4. The Bertz CT molecular complexity index is 558. The third kappa shape index (κ3) is 2.49. The number of halogens is 1. The van der Waals surface area contributed by atoms with Crippen molar-refractivity contribution in [2.45, 2.75) is 10.9 Å². The van der Waals surface area contributed by atoms with Gasteiger partial charge in [-0.1, -0.05) is 11.6 Å². The smallest absolute Gasteiger partial charge is 0.322 e. The van der Waals surface area contributed by atoms with E-state index in [0.717, 1.165) is 4.31 Å². The molecule has 1 saturated heterocycles. The molecule has 0 aromatic heterocycles. The normalized spacial score (nSPS) is 21.1. The van der Waals surface area contributed by atoms with Crippen LogP contribution in [0, 0.1) is 0 Å². The largest absolute Gasteiger partial charge is 0.480 e. The van der Waals surface area contributed by atoms with Crippen LogP contribution in [0.2, 0.25) is 5.02 Å². The van der Waals surface area contributed by atoms with Crippen molar-refractivity contribution in [1.82, 2.24) is 4.31 Å². The number of sulfonamides is 1. The van der Waals surface area contributed by atoms with E-state index >= 15 is 0 Å². The Labute approximate surface area is 114 Å². The Hall–Kier alpha value is -0.760. The minimum atomic E-state index is -3.78. The molecule has 5 nitrogen and oxygen atoms in total. The predicted octanol–water partition coefficient (Wildman–Crippen LogP) is 1.49. The second kappa shape index (κ2) is 5.08. The fraction of sp³-hybridized carbons (Fsp3) is 0.300. The van der Waals surface area contributed by atoms with Crippen LogP contribution in [-0.2, 0) is 14.8 Å². The van der Waals surface area contributed by atoms with Crippen molar-refractivity contribution >= 4 is 39.4 Å². The van der Waals surface area contributed by atoms with E-state index in [9.17, 15) is 13.2 Å². The molecule has 1 atom stereocenters. The number of hydrogen-bond acceptors (Lipinski definition) is 4. The van der Waals surface area contributed by atoms with E-state index in [-0.39, 0.29) is 16.5 Å². The van der Waals surface area contributed by atoms with E-state index in [1.54, 1.807) is 0 Å². The van der Waals surface area contributed by atoms with Gasteiger partial charge in [0.15, 0.2) is 0 Å². The van der Waals surface area contributed by atoms with Crippen molar-refractivity contribution in [2.75, 3.05) is 11.6 Å². The Balaban J connectivity index is 2.36. The number of benzene rings is 1. The molecule has 1 aromatic rings. The van der Waals surface area contributed by atoms with Gasteiger partial charge in [-0.3, -0.25) is 4.79 Å². The van der Waals surface area contributed by atoms with Crippen molar-refractivity contribution in [3.8, 4) is 0 Å². The van der Waals surface area contributed by atoms with Gasteiger partial charge in [-0.25, -0.2) is 8.42 Å². The quantitative estimate of drug-likeness (QED) is 0.915. The van der Waals surface area contributed by atoms with Crippen LogP contribution in [0.1, 0.15) is 0 Å². The fourth-order valence-corrected chi connectivity index (χ4v) is 4.86. The molecule has 1 fully saturated rings. The third-order valence-electron chi connectivity index (χ3n) is 2.55. The lowest BCUT2D eigenvalue weighted by molar-refractivity contribution is -0.140. The maximum absolute atomic E-state index is 12.3. The average molecular weight is 308 g/mol. The first kappa shape index (κ1) is 13.7. The molecule has 0 aliphatic carbocycles. The topological polar surface area (TPSA) is 74.7 Å². The number of nitrogens with zero attached hydrogens (tertiary/aromatic N) is 1. The number of rotatable bonds is 3. The SMILES string of the molecule is O=C(O)C1CSCN1S(=O)(=O)c1ccc(Cl)cc1. The molecule has 0 bridgehead atoms. The molecular weight excluding hydrogens is 298 g/mol. The first-order chi connectivity index (χ1) is 8.43. The summed E-state index contributed by atoms with van der Waals surface area (Å²) in [6.07, 6.45) is 0. The lowest BCUT2D eigenvalue weighted by Crippen LogP contribution is -2.41. The van der Waals surface area contributed by atoms with Gasteiger partial charge in [0.2, 0.25) is 10.0 Å². The molecule has 0 spiro atoms. The van der Waals surface area contributed by atoms with Gasteiger partial charge in [-0.15, -0.1) is 11.8 Å². The average Bonchev–Trinajstić information content (AvgIpc) is 2.79. The molecule has 1 unspecified atom stereocenters. The molecule has 1 aliphatic heterocycles. The molecule has 0 radical (unpaired) electrons. The number of hydrogen-bond donors (Lipinski definition) is 1. The summed E-state index contributed by atoms with van der Waals surface area (Å²) in [7, 11) is -3.78. The summed E-state index contributed by atoms with van der Waals surface area (Å²) < 4.78 is 25.5. The van der Waals surface area contributed by atoms with Crippen LogP contribution in [0.15, 0.2) is 29.2 Å². The Morgan fingerprint density at radius 2 is 2.00 bits per heavy atom. The van der Waals surface area contributed by atoms with Gasteiger partial charge in [0.1, 0.15) is 6.04 Å². The van der Waals surface area contributed by atoms with Crippen LogP contribution in [0.5, 0.6) is 0 Å². The zero-order valence-corrected chi connectivity index (χ0v) is 11.5. The van der Waals surface area contributed by atoms with Crippen molar-refractivity contribution in [3.05, 3.63) is 29.3 Å². The Morgan fingerprint density at radius 3 is 2.56 bits per heavy atom. The van der Waals surface area contributed by atoms with Gasteiger partial charge in [-0.2, -0.15) is 4.31 Å². The molecule has 1 aliphatic rings. The zero-order valence-electron chi connectivity index (χ0n) is 9.11. The number of carbonyl (C=O) groups is 1. The van der Waals surface area contributed by atoms with E-state index in [4.69, 9.17) is 16.7 Å². The summed E-state index contributed by atoms with van der Waals surface area (Å²) in [6.45, 7) is 0. The van der Waals surface area contributed by atoms with E-state index in [1.165, 1.54) is 36.0 Å². The van der Waals surface area contributed by atoms with Gasteiger partial charge >= 0.3 is 5.97 Å². The molecular formula is C10H10ClNO4S2. The van der Waals surface area contributed by atoms with Crippen LogP contribution in [-0.4, -0.2) is 41.5 Å². The molecule has 0 amide bonds. The first-order valence-electron chi connectivity index (χ1n) is 5.01. The zero-order chi connectivity index (χ0) is 13.3. The third-order valence-corrected chi connectivity index (χ3v) is 5.84. The molecule has 2 rings (SSSR count). The van der Waals surface area contributed by atoms with Crippen LogP contribution in [0.4, 0.5) is 0 Å². The lowest BCUT2D eigenvalue weighted by Gasteiger charge is -2.19. The minimum absolute atomic E-state index is 0.0562. The van der Waals surface area contributed by atoms with E-state index in [0.29, 0.717) is 5.02 Å². The highest BCUT2D eigenvalue weighted by molar-refractivity contribution is 8.00.